The molecule has 0 fully saturated rings. The quantitative estimate of drug-likeness (QED) is 0.201. The number of aromatic nitrogens is 1. The summed E-state index contributed by atoms with van der Waals surface area (Å²) in [6, 6.07) is 19.4. The number of para-hydroxylation sites is 2. The monoisotopic (exact) mass is 756 g/mol. The Bertz CT molecular complexity index is 1060. The first-order valence-electron chi connectivity index (χ1n) is 15.0. The molecule has 0 unspecified atom stereocenters. The van der Waals surface area contributed by atoms with Gasteiger partial charge in [-0.2, -0.15) is 0 Å². The van der Waals surface area contributed by atoms with Crippen molar-refractivity contribution in [2.45, 2.75) is 105 Å². The Morgan fingerprint density at radius 2 is 0.786 bits per heavy atom. The number of pyridine rings is 1. The second-order valence-electron chi connectivity index (χ2n) is 10.3. The zero-order valence-corrected chi connectivity index (χ0v) is 31.3. The van der Waals surface area contributed by atoms with Gasteiger partial charge in [-0.1, -0.05) is 95.8 Å². The average molecular weight is 760 g/mol. The maximum atomic E-state index is 5.01. The molecule has 0 spiro atoms. The van der Waals surface area contributed by atoms with E-state index in [9.17, 15) is 0 Å². The molecule has 0 aliphatic carbocycles. The molecule has 1 aromatic heterocycles. The Kier molecular flexibility index (Phi) is 26.3. The number of rotatable bonds is 16. The molecule has 0 aliphatic heterocycles. The first-order chi connectivity index (χ1) is 18.7. The molecule has 42 heavy (non-hydrogen) atoms. The fourth-order valence-corrected chi connectivity index (χ4v) is 4.77. The number of aliphatic imine (C=N–C) groups is 2. The first kappa shape index (κ1) is 43.3. The molecule has 2 aromatic carbocycles. The topological polar surface area (TPSA) is 37.6 Å². The number of benzene rings is 2. The number of hydrogen-bond acceptors (Lipinski definition) is 3. The number of halogens is 3. The first-order valence-corrected chi connectivity index (χ1v) is 15.0. The fraction of sp³-hybridized carbons (Fsp3) is 0.457. The molecule has 3 aromatic rings. The van der Waals surface area contributed by atoms with E-state index in [2.05, 4.69) is 70.2 Å². The van der Waals surface area contributed by atoms with Crippen molar-refractivity contribution in [2.75, 3.05) is 0 Å². The van der Waals surface area contributed by atoms with Crippen LogP contribution < -0.4 is 37.2 Å². The van der Waals surface area contributed by atoms with Crippen molar-refractivity contribution in [1.82, 2.24) is 4.98 Å². The van der Waals surface area contributed by atoms with Crippen LogP contribution in [0.3, 0.4) is 0 Å². The van der Waals surface area contributed by atoms with Crippen molar-refractivity contribution in [3.8, 4) is 0 Å². The fourth-order valence-electron chi connectivity index (χ4n) is 4.77. The molecular weight excluding hydrogens is 713 g/mol. The smallest absolute Gasteiger partial charge is 1.00 e. The zero-order chi connectivity index (χ0) is 27.0. The van der Waals surface area contributed by atoms with Gasteiger partial charge in [0, 0.05) is 0 Å². The average Bonchev–Trinajstić information content (AvgIpc) is 2.95. The Morgan fingerprint density at radius 3 is 1.07 bits per heavy atom. The predicted octanol–water partition coefficient (Wildman–Crippen LogP) is 0.965. The summed E-state index contributed by atoms with van der Waals surface area (Å²) in [4.78, 5) is 14.9. The molecule has 3 nitrogen and oxygen atoms in total. The summed E-state index contributed by atoms with van der Waals surface area (Å²) < 4.78 is 0. The van der Waals surface area contributed by atoms with E-state index in [1.807, 2.05) is 24.6 Å². The Labute approximate surface area is 307 Å². The summed E-state index contributed by atoms with van der Waals surface area (Å²) in [5.74, 6) is 0. The van der Waals surface area contributed by atoms with E-state index in [0.717, 1.165) is 48.4 Å². The molecule has 7 heteroatoms. The third-order valence-corrected chi connectivity index (χ3v) is 7.05. The van der Waals surface area contributed by atoms with Gasteiger partial charge in [0.15, 0.2) is 0 Å². The minimum atomic E-state index is 0. The molecule has 0 saturated heterocycles. The molecule has 0 saturated carbocycles. The van der Waals surface area contributed by atoms with E-state index < -0.39 is 0 Å². The third-order valence-electron chi connectivity index (χ3n) is 7.05. The molecule has 0 atom stereocenters. The van der Waals surface area contributed by atoms with Crippen molar-refractivity contribution in [3.05, 3.63) is 88.2 Å². The zero-order valence-electron chi connectivity index (χ0n) is 25.8. The van der Waals surface area contributed by atoms with Gasteiger partial charge in [-0.15, -0.1) is 0 Å². The van der Waals surface area contributed by atoms with Crippen LogP contribution in [-0.2, 0) is 25.7 Å². The van der Waals surface area contributed by atoms with E-state index >= 15 is 0 Å². The summed E-state index contributed by atoms with van der Waals surface area (Å²) in [6.45, 7) is 8.98. The number of nitrogens with zero attached hydrogens (tertiary/aromatic N) is 3. The standard InChI is InChI=1S/C35H47N3.3ClH.Nd/c1-5-9-16-28-20-13-21-29(17-10-6-2)34(28)36-26-32-24-15-25-33(38-32)27-37-35-30(18-11-7-3)22-14-23-31(35)19-12-8-4;;;;/h13-15,20-27H,5-12,16-19H2,1-4H3;3*1H;/q;;;;+3/p-3. The van der Waals surface area contributed by atoms with Gasteiger partial charge >= 0.3 is 40.8 Å². The van der Waals surface area contributed by atoms with Gasteiger partial charge in [-0.25, -0.2) is 4.98 Å². The molecular formula is C35H47Cl3N3Nd. The van der Waals surface area contributed by atoms with Gasteiger partial charge in [0.2, 0.25) is 0 Å². The number of aryl methyl sites for hydroxylation is 4. The Balaban J connectivity index is 0. The van der Waals surface area contributed by atoms with Crippen molar-refractivity contribution in [3.63, 3.8) is 0 Å². The second kappa shape index (κ2) is 25.5. The van der Waals surface area contributed by atoms with Crippen LogP contribution in [0.2, 0.25) is 0 Å². The van der Waals surface area contributed by atoms with Crippen LogP contribution in [0.4, 0.5) is 11.4 Å². The van der Waals surface area contributed by atoms with Gasteiger partial charge in [0.05, 0.1) is 35.2 Å². The molecule has 1 radical (unpaired) electrons. The van der Waals surface area contributed by atoms with Gasteiger partial charge < -0.3 is 37.2 Å². The van der Waals surface area contributed by atoms with E-state index in [-0.39, 0.29) is 78.1 Å². The van der Waals surface area contributed by atoms with Crippen molar-refractivity contribution >= 4 is 23.8 Å². The van der Waals surface area contributed by atoms with Crippen molar-refractivity contribution in [1.29, 1.82) is 0 Å². The summed E-state index contributed by atoms with van der Waals surface area (Å²) in [5, 5.41) is 0. The summed E-state index contributed by atoms with van der Waals surface area (Å²) in [5.41, 5.74) is 9.39. The summed E-state index contributed by atoms with van der Waals surface area (Å²) in [6.07, 6.45) is 17.6. The maximum Gasteiger partial charge on any atom is 3.00 e. The molecule has 0 amide bonds. The van der Waals surface area contributed by atoms with Crippen LogP contribution in [0.25, 0.3) is 0 Å². The molecule has 0 N–H and O–H groups in total. The van der Waals surface area contributed by atoms with Gasteiger partial charge in [-0.3, -0.25) is 9.98 Å². The third kappa shape index (κ3) is 14.3. The minimum Gasteiger partial charge on any atom is -1.00 e. The van der Waals surface area contributed by atoms with Gasteiger partial charge in [0.1, 0.15) is 0 Å². The Morgan fingerprint density at radius 1 is 0.500 bits per heavy atom. The molecule has 0 aliphatic rings. The molecule has 3 rings (SSSR count). The van der Waals surface area contributed by atoms with Crippen molar-refractivity contribution < 1.29 is 78.1 Å². The summed E-state index contributed by atoms with van der Waals surface area (Å²) in [7, 11) is 0. The van der Waals surface area contributed by atoms with Crippen LogP contribution in [0, 0.1) is 40.8 Å². The molecule has 227 valence electrons. The van der Waals surface area contributed by atoms with Crippen LogP contribution in [-0.4, -0.2) is 17.4 Å². The van der Waals surface area contributed by atoms with Crippen molar-refractivity contribution in [2.24, 2.45) is 9.98 Å². The van der Waals surface area contributed by atoms with Gasteiger partial charge in [-0.05, 0) is 85.8 Å². The van der Waals surface area contributed by atoms with E-state index in [1.165, 1.54) is 73.6 Å². The van der Waals surface area contributed by atoms with Crippen LogP contribution in [0.5, 0.6) is 0 Å². The van der Waals surface area contributed by atoms with E-state index in [4.69, 9.17) is 15.0 Å². The minimum absolute atomic E-state index is 0. The molecule has 1 heterocycles. The second-order valence-corrected chi connectivity index (χ2v) is 10.3. The number of hydrogen-bond donors (Lipinski definition) is 0. The van der Waals surface area contributed by atoms with Crippen LogP contribution in [0.15, 0.2) is 64.6 Å². The normalized spacial score (nSPS) is 10.6. The van der Waals surface area contributed by atoms with Gasteiger partial charge in [0.25, 0.3) is 0 Å². The number of unbranched alkanes of at least 4 members (excludes halogenated alkanes) is 4. The SMILES string of the molecule is CCCCc1cccc(CCCC)c1N=Cc1cccc(C=Nc2c(CCCC)cccc2CCCC)n1.[Cl-].[Cl-].[Cl-].[Nd+3]. The van der Waals surface area contributed by atoms with Crippen LogP contribution >= 0.6 is 0 Å². The van der Waals surface area contributed by atoms with E-state index in [0.29, 0.717) is 0 Å². The molecule has 0 bridgehead atoms. The predicted molar refractivity (Wildman–Crippen MR) is 166 cm³/mol. The largest absolute Gasteiger partial charge is 3.00 e. The van der Waals surface area contributed by atoms with E-state index in [1.54, 1.807) is 0 Å². The van der Waals surface area contributed by atoms with Crippen LogP contribution in [0.1, 0.15) is 113 Å². The maximum absolute atomic E-state index is 5.01. The Hall–Kier alpha value is -0.849. The summed E-state index contributed by atoms with van der Waals surface area (Å²) >= 11 is 0.